The van der Waals surface area contributed by atoms with Gasteiger partial charge in [-0.2, -0.15) is 10.1 Å². The number of hydrazone groups is 1. The van der Waals surface area contributed by atoms with Crippen LogP contribution in [-0.4, -0.2) is 57.2 Å². The second-order valence-corrected chi connectivity index (χ2v) is 6.97. The number of anilines is 1. The molecule has 7 heteroatoms. The second kappa shape index (κ2) is 9.71. The van der Waals surface area contributed by atoms with Crippen molar-refractivity contribution >= 4 is 23.5 Å². The monoisotopic (exact) mass is 375 g/mol. The number of nitrogens with zero attached hydrogens (tertiary/aromatic N) is 3. The third kappa shape index (κ3) is 5.20. The number of hydrogen-bond acceptors (Lipinski definition) is 4. The lowest BCUT2D eigenvalue weighted by molar-refractivity contribution is -0.908. The fraction of sp³-hybridized carbons (Fsp3) is 0.550. The summed E-state index contributed by atoms with van der Waals surface area (Å²) in [6.45, 7) is 7.65. The molecule has 1 aromatic rings. The van der Waals surface area contributed by atoms with Gasteiger partial charge in [-0.25, -0.2) is 4.39 Å². The highest BCUT2D eigenvalue weighted by Gasteiger charge is 2.34. The molecule has 1 atom stereocenters. The summed E-state index contributed by atoms with van der Waals surface area (Å²) in [5, 5.41) is 5.86. The van der Waals surface area contributed by atoms with E-state index in [9.17, 15) is 9.18 Å². The summed E-state index contributed by atoms with van der Waals surface area (Å²) in [4.78, 5) is 18.9. The van der Waals surface area contributed by atoms with Gasteiger partial charge in [0, 0.05) is 19.2 Å². The van der Waals surface area contributed by atoms with Crippen molar-refractivity contribution in [1.82, 2.24) is 0 Å². The van der Waals surface area contributed by atoms with Crippen LogP contribution in [-0.2, 0) is 9.53 Å². The van der Waals surface area contributed by atoms with Crippen LogP contribution in [0.1, 0.15) is 26.2 Å². The third-order valence-corrected chi connectivity index (χ3v) is 4.91. The average molecular weight is 375 g/mol. The highest BCUT2D eigenvalue weighted by molar-refractivity contribution is 6.24. The molecule has 0 aromatic heterocycles. The summed E-state index contributed by atoms with van der Waals surface area (Å²) in [6, 6.07) is 5.83. The van der Waals surface area contributed by atoms with Gasteiger partial charge in [-0.3, -0.25) is 9.79 Å². The smallest absolute Gasteiger partial charge is 0.261 e. The number of carbonyl (C=O) groups is 1. The second-order valence-electron chi connectivity index (χ2n) is 6.97. The molecule has 6 nitrogen and oxygen atoms in total. The third-order valence-electron chi connectivity index (χ3n) is 4.91. The van der Waals surface area contributed by atoms with Crippen molar-refractivity contribution in [3.05, 3.63) is 30.1 Å². The zero-order chi connectivity index (χ0) is 19.1. The Kier molecular flexibility index (Phi) is 7.06. The molecule has 0 radical (unpaired) electrons. The number of hydrogen-bond donors (Lipinski definition) is 1. The van der Waals surface area contributed by atoms with E-state index in [1.807, 2.05) is 0 Å². The van der Waals surface area contributed by atoms with Gasteiger partial charge in [0.25, 0.3) is 5.91 Å². The van der Waals surface area contributed by atoms with Crippen LogP contribution in [0.25, 0.3) is 0 Å². The van der Waals surface area contributed by atoms with E-state index in [0.29, 0.717) is 12.2 Å². The van der Waals surface area contributed by atoms with Crippen molar-refractivity contribution in [2.45, 2.75) is 26.2 Å². The van der Waals surface area contributed by atoms with Crippen molar-refractivity contribution in [2.75, 3.05) is 44.4 Å². The summed E-state index contributed by atoms with van der Waals surface area (Å²) in [6.07, 6.45) is 4.40. The zero-order valence-corrected chi connectivity index (χ0v) is 15.9. The fourth-order valence-corrected chi connectivity index (χ4v) is 3.40. The summed E-state index contributed by atoms with van der Waals surface area (Å²) in [5.41, 5.74) is 1.41. The first-order valence-electron chi connectivity index (χ1n) is 9.77. The molecule has 146 valence electrons. The highest BCUT2D eigenvalue weighted by Crippen LogP contribution is 2.25. The van der Waals surface area contributed by atoms with Gasteiger partial charge in [0.2, 0.25) is 0 Å². The van der Waals surface area contributed by atoms with Gasteiger partial charge in [0.05, 0.1) is 31.2 Å². The van der Waals surface area contributed by atoms with Gasteiger partial charge in [0.15, 0.2) is 0 Å². The maximum absolute atomic E-state index is 13.1. The van der Waals surface area contributed by atoms with Gasteiger partial charge in [0.1, 0.15) is 24.8 Å². The van der Waals surface area contributed by atoms with Crippen LogP contribution < -0.4 is 9.91 Å². The minimum atomic E-state index is -0.411. The van der Waals surface area contributed by atoms with E-state index < -0.39 is 5.92 Å². The number of benzene rings is 1. The standard InChI is InChI=1S/C20H27FN4O2/c1-2-4-19-18(15-22-9-3-10-24-11-13-27-14-12-24)20(26)25(23-19)17-7-5-16(21)6-8-17/h5-8,15,18H,2-4,9-14H2,1H3/p+1/t18-/m1/s1. The number of halogens is 1. The summed E-state index contributed by atoms with van der Waals surface area (Å²) in [5.74, 6) is -0.859. The molecule has 0 spiro atoms. The number of nitrogens with one attached hydrogen (secondary N) is 1. The van der Waals surface area contributed by atoms with Gasteiger partial charge in [-0.15, -0.1) is 0 Å². The Balaban J connectivity index is 1.57. The van der Waals surface area contributed by atoms with E-state index in [-0.39, 0.29) is 11.7 Å². The quantitative estimate of drug-likeness (QED) is 0.550. The average Bonchev–Trinajstić information content (AvgIpc) is 2.99. The van der Waals surface area contributed by atoms with Gasteiger partial charge >= 0.3 is 0 Å². The molecule has 3 rings (SSSR count). The van der Waals surface area contributed by atoms with Crippen molar-refractivity contribution in [2.24, 2.45) is 16.0 Å². The van der Waals surface area contributed by atoms with Crippen molar-refractivity contribution in [1.29, 1.82) is 0 Å². The van der Waals surface area contributed by atoms with Crippen LogP contribution in [0.5, 0.6) is 0 Å². The van der Waals surface area contributed by atoms with E-state index in [0.717, 1.165) is 57.8 Å². The summed E-state index contributed by atoms with van der Waals surface area (Å²) in [7, 11) is 0. The minimum absolute atomic E-state index is 0.118. The largest absolute Gasteiger partial charge is 0.370 e. The first-order valence-corrected chi connectivity index (χ1v) is 9.77. The maximum atomic E-state index is 13.1. The number of carbonyl (C=O) groups excluding carboxylic acids is 1. The molecular weight excluding hydrogens is 347 g/mol. The Hall–Kier alpha value is -2.12. The van der Waals surface area contributed by atoms with E-state index >= 15 is 0 Å². The van der Waals surface area contributed by atoms with Crippen molar-refractivity contribution in [3.63, 3.8) is 0 Å². The molecule has 27 heavy (non-hydrogen) atoms. The highest BCUT2D eigenvalue weighted by atomic mass is 19.1. The topological polar surface area (TPSA) is 58.7 Å². The summed E-state index contributed by atoms with van der Waals surface area (Å²) >= 11 is 0. The Morgan fingerprint density at radius 3 is 2.78 bits per heavy atom. The molecule has 2 aliphatic heterocycles. The fourth-order valence-electron chi connectivity index (χ4n) is 3.40. The van der Waals surface area contributed by atoms with Crippen LogP contribution in [0.15, 0.2) is 34.4 Å². The molecule has 0 unspecified atom stereocenters. The number of aliphatic imine (C=N–C) groups is 1. The Bertz CT molecular complexity index is 684. The lowest BCUT2D eigenvalue weighted by atomic mass is 10.0. The van der Waals surface area contributed by atoms with Crippen LogP contribution in [0, 0.1) is 11.7 Å². The SMILES string of the molecule is CCCC1=NN(c2ccc(F)cc2)C(=O)[C@@H]1C=NCCC[NH+]1CCOCC1. The van der Waals surface area contributed by atoms with Crippen molar-refractivity contribution < 1.29 is 18.8 Å². The molecule has 1 amide bonds. The number of quaternary nitrogens is 1. The van der Waals surface area contributed by atoms with Gasteiger partial charge < -0.3 is 9.64 Å². The maximum Gasteiger partial charge on any atom is 0.261 e. The predicted octanol–water partition coefficient (Wildman–Crippen LogP) is 1.32. The van der Waals surface area contributed by atoms with Crippen LogP contribution in [0.2, 0.25) is 0 Å². The molecule has 1 fully saturated rings. The molecule has 1 aromatic carbocycles. The van der Waals surface area contributed by atoms with Crippen LogP contribution >= 0.6 is 0 Å². The number of morpholine rings is 1. The molecular formula is C20H28FN4O2+. The van der Waals surface area contributed by atoms with Crippen LogP contribution in [0.3, 0.4) is 0 Å². The van der Waals surface area contributed by atoms with E-state index in [2.05, 4.69) is 17.0 Å². The first kappa shape index (κ1) is 19.6. The molecule has 0 saturated carbocycles. The molecule has 0 aliphatic carbocycles. The van der Waals surface area contributed by atoms with Crippen LogP contribution in [0.4, 0.5) is 10.1 Å². The molecule has 1 saturated heterocycles. The van der Waals surface area contributed by atoms with Crippen molar-refractivity contribution in [3.8, 4) is 0 Å². The van der Waals surface area contributed by atoms with Gasteiger partial charge in [-0.1, -0.05) is 13.3 Å². The minimum Gasteiger partial charge on any atom is -0.370 e. The van der Waals surface area contributed by atoms with E-state index in [1.165, 1.54) is 17.1 Å². The number of amides is 1. The lowest BCUT2D eigenvalue weighted by Gasteiger charge is -2.23. The van der Waals surface area contributed by atoms with Gasteiger partial charge in [-0.05, 0) is 30.7 Å². The summed E-state index contributed by atoms with van der Waals surface area (Å²) < 4.78 is 18.5. The lowest BCUT2D eigenvalue weighted by Crippen LogP contribution is -3.14. The Morgan fingerprint density at radius 2 is 2.07 bits per heavy atom. The Morgan fingerprint density at radius 1 is 1.33 bits per heavy atom. The predicted molar refractivity (Wildman–Crippen MR) is 104 cm³/mol. The first-order chi connectivity index (χ1) is 13.2. The molecule has 2 aliphatic rings. The Labute approximate surface area is 159 Å². The zero-order valence-electron chi connectivity index (χ0n) is 15.9. The number of ether oxygens (including phenoxy) is 1. The molecule has 1 N–H and O–H groups in total. The van der Waals surface area contributed by atoms with E-state index in [4.69, 9.17) is 4.74 Å². The molecule has 2 heterocycles. The molecule has 0 bridgehead atoms. The van der Waals surface area contributed by atoms with E-state index in [1.54, 1.807) is 23.2 Å². The number of rotatable bonds is 8. The normalized spacial score (nSPS) is 21.3.